The molecule has 0 aromatic carbocycles. The minimum Gasteiger partial charge on any atom is -0.0988 e. The molecule has 0 saturated heterocycles. The highest BCUT2D eigenvalue weighted by molar-refractivity contribution is 5.31. The van der Waals surface area contributed by atoms with E-state index < -0.39 is 0 Å². The van der Waals surface area contributed by atoms with Gasteiger partial charge in [0.2, 0.25) is 0 Å². The summed E-state index contributed by atoms with van der Waals surface area (Å²) in [5.74, 6) is 0. The molecule has 0 aliphatic heterocycles. The van der Waals surface area contributed by atoms with Crippen molar-refractivity contribution < 1.29 is 0 Å². The minimum absolute atomic E-state index is 1.12. The second kappa shape index (κ2) is 2.67. The molecule has 0 heteroatoms. The Kier molecular flexibility index (Phi) is 1.88. The van der Waals surface area contributed by atoms with Gasteiger partial charge in [0.25, 0.3) is 0 Å². The van der Waals surface area contributed by atoms with Crippen molar-refractivity contribution in [1.29, 1.82) is 0 Å². The topological polar surface area (TPSA) is 0 Å². The van der Waals surface area contributed by atoms with E-state index in [4.69, 9.17) is 0 Å². The number of rotatable bonds is 1. The van der Waals surface area contributed by atoms with Crippen LogP contribution in [-0.4, -0.2) is 0 Å². The number of allylic oxidation sites excluding steroid dienone is 5. The molecule has 48 valence electrons. The highest BCUT2D eigenvalue weighted by Crippen LogP contribution is 2.23. The predicted molar refractivity (Wildman–Crippen MR) is 41.3 cm³/mol. The Hall–Kier alpha value is -0.780. The van der Waals surface area contributed by atoms with Crippen molar-refractivity contribution in [1.82, 2.24) is 0 Å². The van der Waals surface area contributed by atoms with E-state index in [2.05, 4.69) is 25.7 Å². The second-order valence-electron chi connectivity index (χ2n) is 2.31. The Balaban J connectivity index is 2.59. The fraction of sp³-hybridized carbons (Fsp3) is 0.333. The molecule has 9 heavy (non-hydrogen) atoms. The highest BCUT2D eigenvalue weighted by Gasteiger charge is 2.04. The quantitative estimate of drug-likeness (QED) is 0.467. The van der Waals surface area contributed by atoms with Gasteiger partial charge >= 0.3 is 0 Å². The molecule has 0 amide bonds. The molecule has 1 aliphatic rings. The first-order valence-electron chi connectivity index (χ1n) is 3.32. The van der Waals surface area contributed by atoms with Crippen molar-refractivity contribution in [2.24, 2.45) is 0 Å². The Morgan fingerprint density at radius 2 is 2.44 bits per heavy atom. The molecule has 0 unspecified atom stereocenters. The third-order valence-corrected chi connectivity index (χ3v) is 1.73. The third kappa shape index (κ3) is 1.32. The summed E-state index contributed by atoms with van der Waals surface area (Å²) < 4.78 is 0. The van der Waals surface area contributed by atoms with Crippen LogP contribution in [-0.2, 0) is 0 Å². The Morgan fingerprint density at radius 3 is 2.78 bits per heavy atom. The SMILES string of the molecule is C=CC1=CCC(=CC)C1. The fourth-order valence-corrected chi connectivity index (χ4v) is 1.04. The van der Waals surface area contributed by atoms with E-state index in [9.17, 15) is 0 Å². The van der Waals surface area contributed by atoms with Crippen molar-refractivity contribution in [2.45, 2.75) is 19.8 Å². The molecule has 0 spiro atoms. The zero-order valence-corrected chi connectivity index (χ0v) is 5.85. The Morgan fingerprint density at radius 1 is 1.67 bits per heavy atom. The molecule has 0 heterocycles. The lowest BCUT2D eigenvalue weighted by Crippen LogP contribution is -1.71. The number of hydrogen-bond acceptors (Lipinski definition) is 0. The van der Waals surface area contributed by atoms with Gasteiger partial charge in [-0.25, -0.2) is 0 Å². The van der Waals surface area contributed by atoms with Crippen LogP contribution in [0.5, 0.6) is 0 Å². The van der Waals surface area contributed by atoms with E-state index in [1.54, 1.807) is 0 Å². The van der Waals surface area contributed by atoms with Gasteiger partial charge < -0.3 is 0 Å². The van der Waals surface area contributed by atoms with E-state index >= 15 is 0 Å². The van der Waals surface area contributed by atoms with E-state index in [0.29, 0.717) is 0 Å². The first-order chi connectivity index (χ1) is 4.36. The highest BCUT2D eigenvalue weighted by atomic mass is 14.1. The molecule has 0 N–H and O–H groups in total. The molecular formula is C9H12. The summed E-state index contributed by atoms with van der Waals surface area (Å²) in [6.07, 6.45) is 8.63. The maximum Gasteiger partial charge on any atom is -0.00674 e. The summed E-state index contributed by atoms with van der Waals surface area (Å²) in [5, 5.41) is 0. The Labute approximate surface area is 56.6 Å². The molecule has 0 atom stereocenters. The van der Waals surface area contributed by atoms with Crippen molar-refractivity contribution in [2.75, 3.05) is 0 Å². The lowest BCUT2D eigenvalue weighted by molar-refractivity contribution is 1.16. The van der Waals surface area contributed by atoms with Crippen molar-refractivity contribution in [3.63, 3.8) is 0 Å². The molecule has 0 bridgehead atoms. The van der Waals surface area contributed by atoms with Crippen LogP contribution in [0.4, 0.5) is 0 Å². The van der Waals surface area contributed by atoms with E-state index in [-0.39, 0.29) is 0 Å². The number of hydrogen-bond donors (Lipinski definition) is 0. The van der Waals surface area contributed by atoms with Crippen molar-refractivity contribution >= 4 is 0 Å². The monoisotopic (exact) mass is 120 g/mol. The first-order valence-corrected chi connectivity index (χ1v) is 3.32. The van der Waals surface area contributed by atoms with Crippen molar-refractivity contribution in [3.05, 3.63) is 36.0 Å². The van der Waals surface area contributed by atoms with Gasteiger partial charge in [-0.3, -0.25) is 0 Å². The normalized spacial score (nSPS) is 22.3. The maximum atomic E-state index is 3.72. The van der Waals surface area contributed by atoms with Crippen LogP contribution in [0.3, 0.4) is 0 Å². The molecular weight excluding hydrogens is 108 g/mol. The molecule has 0 nitrogen and oxygen atoms in total. The fourth-order valence-electron chi connectivity index (χ4n) is 1.04. The standard InChI is InChI=1S/C9H12/c1-3-8-5-6-9(4-2)7-8/h3-5H,1,6-7H2,2H3. The van der Waals surface area contributed by atoms with Gasteiger partial charge in [0.15, 0.2) is 0 Å². The molecule has 0 aromatic heterocycles. The molecule has 0 radical (unpaired) electrons. The molecule has 0 saturated carbocycles. The first kappa shape index (κ1) is 6.34. The third-order valence-electron chi connectivity index (χ3n) is 1.73. The summed E-state index contributed by atoms with van der Waals surface area (Å²) in [5.41, 5.74) is 2.90. The maximum absolute atomic E-state index is 3.72. The van der Waals surface area contributed by atoms with Gasteiger partial charge in [-0.2, -0.15) is 0 Å². The van der Waals surface area contributed by atoms with Gasteiger partial charge in [-0.1, -0.05) is 30.4 Å². The zero-order chi connectivity index (χ0) is 6.69. The smallest absolute Gasteiger partial charge is 0.00674 e. The van der Waals surface area contributed by atoms with Crippen LogP contribution in [0.2, 0.25) is 0 Å². The summed E-state index contributed by atoms with van der Waals surface area (Å²) in [6, 6.07) is 0. The van der Waals surface area contributed by atoms with E-state index in [1.165, 1.54) is 11.1 Å². The lowest BCUT2D eigenvalue weighted by atomic mass is 10.1. The van der Waals surface area contributed by atoms with E-state index in [1.807, 2.05) is 6.08 Å². The summed E-state index contributed by atoms with van der Waals surface area (Å²) in [4.78, 5) is 0. The molecule has 0 fully saturated rings. The Bertz CT molecular complexity index is 170. The second-order valence-corrected chi connectivity index (χ2v) is 2.31. The summed E-state index contributed by atoms with van der Waals surface area (Å²) in [6.45, 7) is 5.81. The summed E-state index contributed by atoms with van der Waals surface area (Å²) in [7, 11) is 0. The van der Waals surface area contributed by atoms with Crippen LogP contribution in [0.15, 0.2) is 36.0 Å². The lowest BCUT2D eigenvalue weighted by Gasteiger charge is -1.91. The van der Waals surface area contributed by atoms with E-state index in [0.717, 1.165) is 12.8 Å². The van der Waals surface area contributed by atoms with Gasteiger partial charge in [0.05, 0.1) is 0 Å². The van der Waals surface area contributed by atoms with Crippen LogP contribution in [0, 0.1) is 0 Å². The predicted octanol–water partition coefficient (Wildman–Crippen LogP) is 2.84. The van der Waals surface area contributed by atoms with Crippen LogP contribution < -0.4 is 0 Å². The molecule has 1 rings (SSSR count). The van der Waals surface area contributed by atoms with Crippen molar-refractivity contribution in [3.8, 4) is 0 Å². The van der Waals surface area contributed by atoms with Gasteiger partial charge in [-0.05, 0) is 25.3 Å². The summed E-state index contributed by atoms with van der Waals surface area (Å²) >= 11 is 0. The van der Waals surface area contributed by atoms with Gasteiger partial charge in [0, 0.05) is 0 Å². The average molecular weight is 120 g/mol. The van der Waals surface area contributed by atoms with Gasteiger partial charge in [-0.15, -0.1) is 0 Å². The average Bonchev–Trinajstić information content (AvgIpc) is 2.34. The van der Waals surface area contributed by atoms with Crippen LogP contribution in [0.25, 0.3) is 0 Å². The van der Waals surface area contributed by atoms with Crippen LogP contribution >= 0.6 is 0 Å². The van der Waals surface area contributed by atoms with Crippen LogP contribution in [0.1, 0.15) is 19.8 Å². The zero-order valence-electron chi connectivity index (χ0n) is 5.85. The molecule has 1 aliphatic carbocycles. The van der Waals surface area contributed by atoms with Gasteiger partial charge in [0.1, 0.15) is 0 Å². The largest absolute Gasteiger partial charge is 0.0988 e. The molecule has 0 aromatic rings. The minimum atomic E-state index is 1.12.